The maximum absolute atomic E-state index is 5.40. The van der Waals surface area contributed by atoms with Crippen LogP contribution in [0.2, 0.25) is 0 Å². The van der Waals surface area contributed by atoms with Crippen LogP contribution in [-0.2, 0) is 0 Å². The van der Waals surface area contributed by atoms with Gasteiger partial charge in [-0.1, -0.05) is 30.3 Å². The largest absolute Gasteiger partial charge is 0.495 e. The molecule has 0 spiro atoms. The summed E-state index contributed by atoms with van der Waals surface area (Å²) < 4.78 is 5.40. The Morgan fingerprint density at radius 3 is 2.33 bits per heavy atom. The molecule has 0 unspecified atom stereocenters. The molecule has 2 aromatic carbocycles. The first-order chi connectivity index (χ1) is 13.3. The molecule has 6 nitrogen and oxygen atoms in total. The number of benzene rings is 2. The van der Waals surface area contributed by atoms with E-state index < -0.39 is 0 Å². The summed E-state index contributed by atoms with van der Waals surface area (Å²) in [4.78, 5) is 13.8. The minimum Gasteiger partial charge on any atom is -0.495 e. The number of ether oxygens (including phenoxy) is 1. The second kappa shape index (κ2) is 7.95. The Kier molecular flexibility index (Phi) is 5.05. The van der Waals surface area contributed by atoms with Gasteiger partial charge in [-0.05, 0) is 30.3 Å². The summed E-state index contributed by atoms with van der Waals surface area (Å²) >= 11 is 0. The fraction of sp³-hybridized carbons (Fsp3) is 0.238. The van der Waals surface area contributed by atoms with Gasteiger partial charge in [0.2, 0.25) is 5.95 Å². The predicted molar refractivity (Wildman–Crippen MR) is 109 cm³/mol. The van der Waals surface area contributed by atoms with Crippen molar-refractivity contribution in [1.82, 2.24) is 9.97 Å². The van der Waals surface area contributed by atoms with Gasteiger partial charge < -0.3 is 19.9 Å². The number of hydrogen-bond acceptors (Lipinski definition) is 6. The van der Waals surface area contributed by atoms with Crippen molar-refractivity contribution in [3.8, 4) is 5.75 Å². The van der Waals surface area contributed by atoms with E-state index in [9.17, 15) is 0 Å². The molecule has 0 bridgehead atoms. The summed E-state index contributed by atoms with van der Waals surface area (Å²) in [5.74, 6) is 2.30. The van der Waals surface area contributed by atoms with E-state index in [0.29, 0.717) is 0 Å². The molecule has 1 aromatic heterocycles. The van der Waals surface area contributed by atoms with E-state index in [2.05, 4.69) is 44.4 Å². The third-order valence-corrected chi connectivity index (χ3v) is 4.70. The van der Waals surface area contributed by atoms with Crippen LogP contribution in [0.3, 0.4) is 0 Å². The summed E-state index contributed by atoms with van der Waals surface area (Å²) in [5.41, 5.74) is 2.16. The number of nitrogens with one attached hydrogen (secondary N) is 1. The predicted octanol–water partition coefficient (Wildman–Crippen LogP) is 3.56. The van der Waals surface area contributed by atoms with Crippen molar-refractivity contribution in [3.05, 3.63) is 66.9 Å². The van der Waals surface area contributed by atoms with Crippen molar-refractivity contribution < 1.29 is 4.74 Å². The molecule has 0 aliphatic carbocycles. The number of piperazine rings is 1. The number of aromatic nitrogens is 2. The smallest absolute Gasteiger partial charge is 0.227 e. The molecule has 1 aliphatic rings. The monoisotopic (exact) mass is 361 g/mol. The summed E-state index contributed by atoms with van der Waals surface area (Å²) in [6.45, 7) is 3.70. The third-order valence-electron chi connectivity index (χ3n) is 4.70. The zero-order valence-corrected chi connectivity index (χ0v) is 15.4. The van der Waals surface area contributed by atoms with Gasteiger partial charge in [0, 0.05) is 38.1 Å². The van der Waals surface area contributed by atoms with Gasteiger partial charge in [0.1, 0.15) is 11.6 Å². The normalized spacial score (nSPS) is 14.1. The highest BCUT2D eigenvalue weighted by atomic mass is 16.5. The van der Waals surface area contributed by atoms with E-state index in [4.69, 9.17) is 9.72 Å². The number of rotatable bonds is 5. The molecular weight excluding hydrogens is 338 g/mol. The van der Waals surface area contributed by atoms with Crippen LogP contribution in [0.1, 0.15) is 0 Å². The lowest BCUT2D eigenvalue weighted by molar-refractivity contribution is 0.417. The van der Waals surface area contributed by atoms with E-state index in [1.54, 1.807) is 13.3 Å². The first kappa shape index (κ1) is 17.1. The first-order valence-electron chi connectivity index (χ1n) is 9.11. The second-order valence-corrected chi connectivity index (χ2v) is 6.38. The van der Waals surface area contributed by atoms with E-state index in [1.807, 2.05) is 36.4 Å². The van der Waals surface area contributed by atoms with Crippen LogP contribution in [0.25, 0.3) is 0 Å². The van der Waals surface area contributed by atoms with Crippen LogP contribution in [0, 0.1) is 0 Å². The molecule has 0 amide bonds. The number of methoxy groups -OCH3 is 1. The molecule has 0 saturated carbocycles. The van der Waals surface area contributed by atoms with Crippen molar-refractivity contribution in [3.63, 3.8) is 0 Å². The van der Waals surface area contributed by atoms with Crippen LogP contribution in [0.15, 0.2) is 66.9 Å². The highest BCUT2D eigenvalue weighted by molar-refractivity contribution is 5.64. The number of anilines is 4. The Labute approximate surface area is 159 Å². The van der Waals surface area contributed by atoms with Crippen LogP contribution in [0.5, 0.6) is 5.75 Å². The van der Waals surface area contributed by atoms with Crippen molar-refractivity contribution >= 4 is 23.1 Å². The lowest BCUT2D eigenvalue weighted by Gasteiger charge is -2.36. The minimum absolute atomic E-state index is 0.752. The Bertz CT molecular complexity index is 879. The van der Waals surface area contributed by atoms with Gasteiger partial charge in [-0.25, -0.2) is 4.98 Å². The van der Waals surface area contributed by atoms with Crippen LogP contribution >= 0.6 is 0 Å². The van der Waals surface area contributed by atoms with Crippen molar-refractivity contribution in [1.29, 1.82) is 0 Å². The Balaban J connectivity index is 1.44. The highest BCUT2D eigenvalue weighted by Crippen LogP contribution is 2.27. The van der Waals surface area contributed by atoms with Crippen LogP contribution < -0.4 is 19.9 Å². The zero-order chi connectivity index (χ0) is 18.5. The minimum atomic E-state index is 0.752. The fourth-order valence-corrected chi connectivity index (χ4v) is 3.26. The van der Waals surface area contributed by atoms with Crippen molar-refractivity contribution in [2.45, 2.75) is 0 Å². The molecule has 1 N–H and O–H groups in total. The highest BCUT2D eigenvalue weighted by Gasteiger charge is 2.19. The third kappa shape index (κ3) is 3.95. The van der Waals surface area contributed by atoms with Gasteiger partial charge in [0.15, 0.2) is 0 Å². The molecule has 3 aromatic rings. The standard InChI is InChI=1S/C21H23N5O/c1-27-19-10-6-5-9-18(19)23-20-11-12-22-21(24-20)26-15-13-25(14-16-26)17-7-3-2-4-8-17/h2-12H,13-16H2,1H3,(H,22,23,24). The first-order valence-corrected chi connectivity index (χ1v) is 9.11. The van der Waals surface area contributed by atoms with Crippen molar-refractivity contribution in [2.24, 2.45) is 0 Å². The molecule has 2 heterocycles. The van der Waals surface area contributed by atoms with Crippen LogP contribution in [0.4, 0.5) is 23.1 Å². The van der Waals surface area contributed by atoms with Gasteiger partial charge in [0.25, 0.3) is 0 Å². The number of hydrogen-bond donors (Lipinski definition) is 1. The van der Waals surface area contributed by atoms with Crippen molar-refractivity contribution in [2.75, 3.05) is 48.4 Å². The molecular formula is C21H23N5O. The molecule has 1 fully saturated rings. The molecule has 4 rings (SSSR count). The Hall–Kier alpha value is -3.28. The van der Waals surface area contributed by atoms with Gasteiger partial charge >= 0.3 is 0 Å². The van der Waals surface area contributed by atoms with E-state index in [-0.39, 0.29) is 0 Å². The lowest BCUT2D eigenvalue weighted by Crippen LogP contribution is -2.47. The molecule has 0 atom stereocenters. The molecule has 1 aliphatic heterocycles. The lowest BCUT2D eigenvalue weighted by atomic mass is 10.2. The summed E-state index contributed by atoms with van der Waals surface area (Å²) in [6, 6.07) is 20.2. The van der Waals surface area contributed by atoms with Crippen LogP contribution in [-0.4, -0.2) is 43.3 Å². The van der Waals surface area contributed by atoms with Gasteiger partial charge in [-0.15, -0.1) is 0 Å². The second-order valence-electron chi connectivity index (χ2n) is 6.38. The quantitative estimate of drug-likeness (QED) is 0.750. The van der Waals surface area contributed by atoms with E-state index >= 15 is 0 Å². The summed E-state index contributed by atoms with van der Waals surface area (Å²) in [7, 11) is 1.66. The molecule has 6 heteroatoms. The topological polar surface area (TPSA) is 53.5 Å². The molecule has 1 saturated heterocycles. The van der Waals surface area contributed by atoms with Gasteiger partial charge in [-0.2, -0.15) is 4.98 Å². The van der Waals surface area contributed by atoms with E-state index in [0.717, 1.165) is 49.4 Å². The van der Waals surface area contributed by atoms with E-state index in [1.165, 1.54) is 5.69 Å². The molecule has 27 heavy (non-hydrogen) atoms. The SMILES string of the molecule is COc1ccccc1Nc1ccnc(N2CCN(c3ccccc3)CC2)n1. The average molecular weight is 361 g/mol. The Morgan fingerprint density at radius 1 is 0.852 bits per heavy atom. The summed E-state index contributed by atoms with van der Waals surface area (Å²) in [6.07, 6.45) is 1.80. The average Bonchev–Trinajstić information content (AvgIpc) is 2.75. The number of para-hydroxylation sites is 3. The maximum atomic E-state index is 5.40. The molecule has 138 valence electrons. The fourth-order valence-electron chi connectivity index (χ4n) is 3.26. The summed E-state index contributed by atoms with van der Waals surface area (Å²) in [5, 5.41) is 3.32. The van der Waals surface area contributed by atoms with Gasteiger partial charge in [0.05, 0.1) is 12.8 Å². The Morgan fingerprint density at radius 2 is 1.56 bits per heavy atom. The molecule has 0 radical (unpaired) electrons. The zero-order valence-electron chi connectivity index (χ0n) is 15.4. The number of nitrogens with zero attached hydrogens (tertiary/aromatic N) is 4. The van der Waals surface area contributed by atoms with Gasteiger partial charge in [-0.3, -0.25) is 0 Å². The maximum Gasteiger partial charge on any atom is 0.227 e.